The van der Waals surface area contributed by atoms with Crippen LogP contribution in [0.3, 0.4) is 0 Å². The first-order chi connectivity index (χ1) is 10.5. The molecule has 0 aromatic heterocycles. The van der Waals surface area contributed by atoms with Gasteiger partial charge >= 0.3 is 6.03 Å². The molecule has 0 radical (unpaired) electrons. The Morgan fingerprint density at radius 2 is 1.64 bits per heavy atom. The highest BCUT2D eigenvalue weighted by Gasteiger charge is 2.11. The number of carbonyl (C=O) groups excluding carboxylic acids is 1. The monoisotopic (exact) mass is 300 g/mol. The molecule has 0 spiro atoms. The minimum Gasteiger partial charge on any atom is -0.497 e. The number of carbonyl (C=O) groups is 1. The molecule has 2 N–H and O–H groups in total. The van der Waals surface area contributed by atoms with Gasteiger partial charge in [-0.15, -0.1) is 0 Å². The van der Waals surface area contributed by atoms with Crippen LogP contribution in [-0.4, -0.2) is 20.3 Å². The van der Waals surface area contributed by atoms with Crippen molar-refractivity contribution in [1.82, 2.24) is 0 Å². The lowest BCUT2D eigenvalue weighted by molar-refractivity contribution is 0.262. The van der Waals surface area contributed by atoms with Crippen LogP contribution < -0.4 is 20.1 Å². The zero-order valence-corrected chi connectivity index (χ0v) is 13.2. The second kappa shape index (κ2) is 6.85. The molecule has 0 fully saturated rings. The van der Waals surface area contributed by atoms with Gasteiger partial charge in [0, 0.05) is 11.8 Å². The van der Waals surface area contributed by atoms with E-state index >= 15 is 0 Å². The van der Waals surface area contributed by atoms with Crippen LogP contribution in [-0.2, 0) is 0 Å². The van der Waals surface area contributed by atoms with E-state index in [1.807, 2.05) is 32.0 Å². The van der Waals surface area contributed by atoms with Crippen LogP contribution in [0.4, 0.5) is 16.2 Å². The molecule has 0 atom stereocenters. The van der Waals surface area contributed by atoms with Gasteiger partial charge < -0.3 is 20.1 Å². The van der Waals surface area contributed by atoms with Crippen molar-refractivity contribution < 1.29 is 14.3 Å². The number of nitrogens with one attached hydrogen (secondary N) is 2. The van der Waals surface area contributed by atoms with Gasteiger partial charge in [-0.3, -0.25) is 0 Å². The fourth-order valence-corrected chi connectivity index (χ4v) is 2.18. The molecule has 0 aliphatic carbocycles. The van der Waals surface area contributed by atoms with Gasteiger partial charge in [0.25, 0.3) is 0 Å². The quantitative estimate of drug-likeness (QED) is 0.898. The third kappa shape index (κ3) is 3.49. The Morgan fingerprint density at radius 1 is 0.955 bits per heavy atom. The number of aryl methyl sites for hydroxylation is 2. The fourth-order valence-electron chi connectivity index (χ4n) is 2.18. The molecule has 2 aromatic carbocycles. The van der Waals surface area contributed by atoms with Crippen molar-refractivity contribution in [3.63, 3.8) is 0 Å². The molecule has 2 amide bonds. The Kier molecular flexibility index (Phi) is 4.88. The molecule has 5 heteroatoms. The predicted molar refractivity (Wildman–Crippen MR) is 88.1 cm³/mol. The molecule has 0 heterocycles. The summed E-state index contributed by atoms with van der Waals surface area (Å²) in [6.07, 6.45) is 0. The number of ether oxygens (including phenoxy) is 2. The van der Waals surface area contributed by atoms with E-state index in [-0.39, 0.29) is 6.03 Å². The minimum atomic E-state index is -0.319. The van der Waals surface area contributed by atoms with Crippen LogP contribution in [0.1, 0.15) is 11.1 Å². The maximum Gasteiger partial charge on any atom is 0.323 e. The number of rotatable bonds is 4. The second-order valence-electron chi connectivity index (χ2n) is 4.91. The van der Waals surface area contributed by atoms with Crippen molar-refractivity contribution in [2.24, 2.45) is 0 Å². The first-order valence-electron chi connectivity index (χ1n) is 6.91. The van der Waals surface area contributed by atoms with Gasteiger partial charge in [-0.05, 0) is 37.1 Å². The first kappa shape index (κ1) is 15.7. The summed E-state index contributed by atoms with van der Waals surface area (Å²) >= 11 is 0. The summed E-state index contributed by atoms with van der Waals surface area (Å²) in [7, 11) is 3.12. The number of anilines is 2. The summed E-state index contributed by atoms with van der Waals surface area (Å²) in [5.74, 6) is 1.20. The normalized spacial score (nSPS) is 10.0. The van der Waals surface area contributed by atoms with Gasteiger partial charge in [0.05, 0.1) is 19.9 Å². The molecular weight excluding hydrogens is 280 g/mol. The Morgan fingerprint density at radius 3 is 2.23 bits per heavy atom. The summed E-state index contributed by atoms with van der Waals surface area (Å²) in [6.45, 7) is 3.91. The number of urea groups is 1. The van der Waals surface area contributed by atoms with Crippen molar-refractivity contribution >= 4 is 17.4 Å². The van der Waals surface area contributed by atoms with Crippen molar-refractivity contribution in [3.8, 4) is 11.5 Å². The zero-order valence-electron chi connectivity index (χ0n) is 13.2. The number of hydrogen-bond donors (Lipinski definition) is 2. The molecule has 0 aliphatic heterocycles. The summed E-state index contributed by atoms with van der Waals surface area (Å²) in [5.41, 5.74) is 3.41. The smallest absolute Gasteiger partial charge is 0.323 e. The van der Waals surface area contributed by atoms with Gasteiger partial charge in [0.15, 0.2) is 0 Å². The SMILES string of the molecule is COc1ccc(NC(=O)Nc2c(C)cccc2C)c(OC)c1. The Hall–Kier alpha value is -2.69. The van der Waals surface area contributed by atoms with Crippen molar-refractivity contribution in [2.45, 2.75) is 13.8 Å². The molecule has 116 valence electrons. The lowest BCUT2D eigenvalue weighted by Crippen LogP contribution is -2.21. The van der Waals surface area contributed by atoms with Crippen LogP contribution in [0.2, 0.25) is 0 Å². The summed E-state index contributed by atoms with van der Waals surface area (Å²) < 4.78 is 10.4. The van der Waals surface area contributed by atoms with E-state index in [0.717, 1.165) is 16.8 Å². The molecule has 0 saturated carbocycles. The Balaban J connectivity index is 2.16. The number of hydrogen-bond acceptors (Lipinski definition) is 3. The van der Waals surface area contributed by atoms with Gasteiger partial charge in [0.2, 0.25) is 0 Å². The third-order valence-electron chi connectivity index (χ3n) is 3.38. The molecular formula is C17H20N2O3. The fraction of sp³-hybridized carbons (Fsp3) is 0.235. The lowest BCUT2D eigenvalue weighted by atomic mass is 10.1. The largest absolute Gasteiger partial charge is 0.497 e. The number of methoxy groups -OCH3 is 2. The van der Waals surface area contributed by atoms with Crippen LogP contribution in [0.5, 0.6) is 11.5 Å². The molecule has 2 aromatic rings. The van der Waals surface area contributed by atoms with Gasteiger partial charge in [-0.1, -0.05) is 18.2 Å². The van der Waals surface area contributed by atoms with E-state index in [1.54, 1.807) is 32.4 Å². The minimum absolute atomic E-state index is 0.319. The molecule has 0 aliphatic rings. The predicted octanol–water partition coefficient (Wildman–Crippen LogP) is 3.96. The average molecular weight is 300 g/mol. The van der Waals surface area contributed by atoms with Crippen molar-refractivity contribution in [2.75, 3.05) is 24.9 Å². The van der Waals surface area contributed by atoms with Crippen LogP contribution in [0.25, 0.3) is 0 Å². The van der Waals surface area contributed by atoms with E-state index in [1.165, 1.54) is 0 Å². The molecule has 22 heavy (non-hydrogen) atoms. The molecule has 0 bridgehead atoms. The molecule has 2 rings (SSSR count). The van der Waals surface area contributed by atoms with E-state index in [9.17, 15) is 4.79 Å². The van der Waals surface area contributed by atoms with Crippen molar-refractivity contribution in [1.29, 1.82) is 0 Å². The number of amides is 2. The van der Waals surface area contributed by atoms with Crippen LogP contribution in [0, 0.1) is 13.8 Å². The van der Waals surface area contributed by atoms with E-state index in [2.05, 4.69) is 10.6 Å². The highest BCUT2D eigenvalue weighted by molar-refractivity contribution is 6.01. The van der Waals surface area contributed by atoms with Gasteiger partial charge in [-0.25, -0.2) is 4.79 Å². The highest BCUT2D eigenvalue weighted by Crippen LogP contribution is 2.29. The van der Waals surface area contributed by atoms with E-state index in [0.29, 0.717) is 17.2 Å². The Labute approximate surface area is 130 Å². The van der Waals surface area contributed by atoms with Crippen LogP contribution in [0.15, 0.2) is 36.4 Å². The highest BCUT2D eigenvalue weighted by atomic mass is 16.5. The third-order valence-corrected chi connectivity index (χ3v) is 3.38. The Bertz CT molecular complexity index is 663. The zero-order chi connectivity index (χ0) is 16.1. The topological polar surface area (TPSA) is 59.6 Å². The first-order valence-corrected chi connectivity index (χ1v) is 6.91. The molecule has 0 unspecified atom stereocenters. The lowest BCUT2D eigenvalue weighted by Gasteiger charge is -2.14. The summed E-state index contributed by atoms with van der Waals surface area (Å²) in [6, 6.07) is 10.8. The van der Waals surface area contributed by atoms with Gasteiger partial charge in [0.1, 0.15) is 11.5 Å². The number of benzene rings is 2. The average Bonchev–Trinajstić information content (AvgIpc) is 2.51. The van der Waals surface area contributed by atoms with E-state index in [4.69, 9.17) is 9.47 Å². The number of para-hydroxylation sites is 1. The molecule has 5 nitrogen and oxygen atoms in total. The molecule has 0 saturated heterocycles. The summed E-state index contributed by atoms with van der Waals surface area (Å²) in [4.78, 5) is 12.2. The standard InChI is InChI=1S/C17H20N2O3/c1-11-6-5-7-12(2)16(11)19-17(20)18-14-9-8-13(21-3)10-15(14)22-4/h5-10H,1-4H3,(H2,18,19,20). The summed E-state index contributed by atoms with van der Waals surface area (Å²) in [5, 5.41) is 5.66. The maximum atomic E-state index is 12.2. The second-order valence-corrected chi connectivity index (χ2v) is 4.91. The maximum absolute atomic E-state index is 12.2. The van der Waals surface area contributed by atoms with Crippen LogP contribution >= 0.6 is 0 Å². The van der Waals surface area contributed by atoms with Crippen molar-refractivity contribution in [3.05, 3.63) is 47.5 Å². The van der Waals surface area contributed by atoms with Gasteiger partial charge in [-0.2, -0.15) is 0 Å². The van der Waals surface area contributed by atoms with E-state index < -0.39 is 0 Å².